The SMILES string of the molecule is COc1ccc(-c2ccc3nnc(SCC(=O)N4CCCCCC4)n3n2)cc1OC. The number of ether oxygens (including phenoxy) is 2. The first-order valence-corrected chi connectivity index (χ1v) is 11.0. The van der Waals surface area contributed by atoms with Gasteiger partial charge in [-0.05, 0) is 43.2 Å². The lowest BCUT2D eigenvalue weighted by atomic mass is 10.1. The molecule has 1 aliphatic heterocycles. The smallest absolute Gasteiger partial charge is 0.233 e. The van der Waals surface area contributed by atoms with Crippen molar-refractivity contribution in [1.29, 1.82) is 0 Å². The van der Waals surface area contributed by atoms with Crippen LogP contribution in [-0.4, -0.2) is 63.7 Å². The highest BCUT2D eigenvalue weighted by Crippen LogP contribution is 2.31. The van der Waals surface area contributed by atoms with Gasteiger partial charge in [-0.1, -0.05) is 24.6 Å². The van der Waals surface area contributed by atoms with Gasteiger partial charge in [-0.25, -0.2) is 0 Å². The first kappa shape index (κ1) is 20.5. The third-order valence-electron chi connectivity index (χ3n) is 5.20. The Balaban J connectivity index is 1.54. The van der Waals surface area contributed by atoms with Crippen LogP contribution in [0.4, 0.5) is 0 Å². The number of benzene rings is 1. The second-order valence-electron chi connectivity index (χ2n) is 7.12. The van der Waals surface area contributed by atoms with E-state index in [0.717, 1.165) is 37.2 Å². The number of fused-ring (bicyclic) bond motifs is 1. The van der Waals surface area contributed by atoms with Gasteiger partial charge in [0.1, 0.15) is 0 Å². The van der Waals surface area contributed by atoms with Crippen LogP contribution in [0, 0.1) is 0 Å². The van der Waals surface area contributed by atoms with E-state index < -0.39 is 0 Å². The van der Waals surface area contributed by atoms with Crippen LogP contribution in [0.3, 0.4) is 0 Å². The fourth-order valence-electron chi connectivity index (χ4n) is 3.55. The van der Waals surface area contributed by atoms with Gasteiger partial charge in [0.05, 0.1) is 25.7 Å². The fourth-order valence-corrected chi connectivity index (χ4v) is 4.34. The second-order valence-corrected chi connectivity index (χ2v) is 8.07. The summed E-state index contributed by atoms with van der Waals surface area (Å²) < 4.78 is 12.4. The topological polar surface area (TPSA) is 81.9 Å². The third-order valence-corrected chi connectivity index (χ3v) is 6.10. The Bertz CT molecular complexity index is 1030. The minimum atomic E-state index is 0.148. The summed E-state index contributed by atoms with van der Waals surface area (Å²) in [5, 5.41) is 13.7. The average Bonchev–Trinajstić information content (AvgIpc) is 2.99. The van der Waals surface area contributed by atoms with Crippen molar-refractivity contribution in [3.63, 3.8) is 0 Å². The van der Waals surface area contributed by atoms with Gasteiger partial charge in [0.25, 0.3) is 0 Å². The zero-order valence-corrected chi connectivity index (χ0v) is 18.0. The molecule has 4 rings (SSSR count). The molecule has 8 nitrogen and oxygen atoms in total. The zero-order valence-electron chi connectivity index (χ0n) is 17.2. The molecule has 1 aliphatic rings. The minimum Gasteiger partial charge on any atom is -0.493 e. The normalized spacial score (nSPS) is 14.5. The van der Waals surface area contributed by atoms with E-state index in [1.165, 1.54) is 24.6 Å². The maximum absolute atomic E-state index is 12.6. The Hall–Kier alpha value is -2.81. The van der Waals surface area contributed by atoms with Crippen molar-refractivity contribution < 1.29 is 14.3 Å². The molecule has 0 saturated carbocycles. The molecule has 0 aliphatic carbocycles. The van der Waals surface area contributed by atoms with Crippen molar-refractivity contribution in [2.45, 2.75) is 30.8 Å². The minimum absolute atomic E-state index is 0.148. The number of carbonyl (C=O) groups excluding carboxylic acids is 1. The molecule has 1 aromatic carbocycles. The van der Waals surface area contributed by atoms with Gasteiger partial charge < -0.3 is 14.4 Å². The molecule has 1 saturated heterocycles. The Morgan fingerprint density at radius 3 is 2.50 bits per heavy atom. The van der Waals surface area contributed by atoms with E-state index in [-0.39, 0.29) is 5.91 Å². The molecule has 158 valence electrons. The van der Waals surface area contributed by atoms with E-state index in [0.29, 0.717) is 28.1 Å². The molecule has 3 heterocycles. The van der Waals surface area contributed by atoms with Crippen molar-refractivity contribution in [3.05, 3.63) is 30.3 Å². The number of methoxy groups -OCH3 is 2. The first-order valence-electron chi connectivity index (χ1n) is 10.0. The molecule has 2 aromatic heterocycles. The highest BCUT2D eigenvalue weighted by Gasteiger charge is 2.18. The van der Waals surface area contributed by atoms with Gasteiger partial charge in [-0.2, -0.15) is 9.61 Å². The summed E-state index contributed by atoms with van der Waals surface area (Å²) >= 11 is 1.37. The average molecular weight is 428 g/mol. The molecule has 3 aromatic rings. The van der Waals surface area contributed by atoms with E-state index >= 15 is 0 Å². The maximum atomic E-state index is 12.6. The van der Waals surface area contributed by atoms with E-state index in [2.05, 4.69) is 10.2 Å². The molecule has 0 radical (unpaired) electrons. The Morgan fingerprint density at radius 2 is 1.77 bits per heavy atom. The highest BCUT2D eigenvalue weighted by atomic mass is 32.2. The first-order chi connectivity index (χ1) is 14.7. The standard InChI is InChI=1S/C21H25N5O3S/c1-28-17-9-7-15(13-18(17)29-2)16-8-10-19-22-23-21(26(19)24-16)30-14-20(27)25-11-5-3-4-6-12-25/h7-10,13H,3-6,11-12,14H2,1-2H3. The molecule has 0 N–H and O–H groups in total. The predicted molar refractivity (Wildman–Crippen MR) is 115 cm³/mol. The van der Waals surface area contributed by atoms with E-state index in [1.54, 1.807) is 18.7 Å². The number of amides is 1. The fraction of sp³-hybridized carbons (Fsp3) is 0.429. The predicted octanol–water partition coefficient (Wildman–Crippen LogP) is 3.30. The van der Waals surface area contributed by atoms with Crippen molar-refractivity contribution >= 4 is 23.3 Å². The number of hydrogen-bond acceptors (Lipinski definition) is 7. The summed E-state index contributed by atoms with van der Waals surface area (Å²) in [5.41, 5.74) is 2.28. The van der Waals surface area contributed by atoms with Crippen LogP contribution in [0.2, 0.25) is 0 Å². The van der Waals surface area contributed by atoms with Crippen LogP contribution >= 0.6 is 11.8 Å². The van der Waals surface area contributed by atoms with Gasteiger partial charge in [-0.15, -0.1) is 10.2 Å². The lowest BCUT2D eigenvalue weighted by Gasteiger charge is -2.19. The van der Waals surface area contributed by atoms with E-state index in [4.69, 9.17) is 14.6 Å². The lowest BCUT2D eigenvalue weighted by Crippen LogP contribution is -2.33. The van der Waals surface area contributed by atoms with Crippen molar-refractivity contribution in [2.24, 2.45) is 0 Å². The Labute approximate surface area is 179 Å². The van der Waals surface area contributed by atoms with Crippen molar-refractivity contribution in [2.75, 3.05) is 33.1 Å². The molecular weight excluding hydrogens is 402 g/mol. The second kappa shape index (κ2) is 9.34. The van der Waals surface area contributed by atoms with Crippen LogP contribution in [0.15, 0.2) is 35.5 Å². The van der Waals surface area contributed by atoms with Crippen LogP contribution in [-0.2, 0) is 4.79 Å². The molecule has 1 fully saturated rings. The highest BCUT2D eigenvalue weighted by molar-refractivity contribution is 7.99. The van der Waals surface area contributed by atoms with Crippen LogP contribution < -0.4 is 9.47 Å². The summed E-state index contributed by atoms with van der Waals surface area (Å²) in [7, 11) is 3.21. The number of nitrogens with zero attached hydrogens (tertiary/aromatic N) is 5. The summed E-state index contributed by atoms with van der Waals surface area (Å²) in [6.45, 7) is 1.70. The Morgan fingerprint density at radius 1 is 1.00 bits per heavy atom. The number of hydrogen-bond donors (Lipinski definition) is 0. The number of rotatable bonds is 6. The Kier molecular flexibility index (Phi) is 6.37. The van der Waals surface area contributed by atoms with Gasteiger partial charge >= 0.3 is 0 Å². The molecule has 9 heteroatoms. The number of carbonyl (C=O) groups is 1. The van der Waals surface area contributed by atoms with Crippen LogP contribution in [0.25, 0.3) is 16.9 Å². The third kappa shape index (κ3) is 4.35. The maximum Gasteiger partial charge on any atom is 0.233 e. The largest absolute Gasteiger partial charge is 0.493 e. The summed E-state index contributed by atoms with van der Waals surface area (Å²) in [6, 6.07) is 9.42. The molecule has 1 amide bonds. The van der Waals surface area contributed by atoms with E-state index in [9.17, 15) is 4.79 Å². The summed E-state index contributed by atoms with van der Waals surface area (Å²) in [6.07, 6.45) is 4.57. The van der Waals surface area contributed by atoms with Gasteiger partial charge in [0.15, 0.2) is 17.1 Å². The van der Waals surface area contributed by atoms with E-state index in [1.807, 2.05) is 35.2 Å². The zero-order chi connectivity index (χ0) is 20.9. The van der Waals surface area contributed by atoms with Crippen molar-refractivity contribution in [3.8, 4) is 22.8 Å². The van der Waals surface area contributed by atoms with Gasteiger partial charge in [0.2, 0.25) is 11.1 Å². The molecule has 0 atom stereocenters. The summed E-state index contributed by atoms with van der Waals surface area (Å²) in [4.78, 5) is 14.6. The number of aromatic nitrogens is 4. The number of thioether (sulfide) groups is 1. The van der Waals surface area contributed by atoms with Crippen molar-refractivity contribution in [1.82, 2.24) is 24.7 Å². The molecule has 30 heavy (non-hydrogen) atoms. The monoisotopic (exact) mass is 427 g/mol. The molecular formula is C21H25N5O3S. The van der Waals surface area contributed by atoms with Crippen LogP contribution in [0.5, 0.6) is 11.5 Å². The molecule has 0 spiro atoms. The van der Waals surface area contributed by atoms with Gasteiger partial charge in [-0.3, -0.25) is 4.79 Å². The molecule has 0 bridgehead atoms. The number of likely N-dealkylation sites (tertiary alicyclic amines) is 1. The van der Waals surface area contributed by atoms with Gasteiger partial charge in [0, 0.05) is 18.7 Å². The quantitative estimate of drug-likeness (QED) is 0.558. The lowest BCUT2D eigenvalue weighted by molar-refractivity contribution is -0.128. The molecule has 0 unspecified atom stereocenters. The van der Waals surface area contributed by atoms with Crippen LogP contribution in [0.1, 0.15) is 25.7 Å². The summed E-state index contributed by atoms with van der Waals surface area (Å²) in [5.74, 6) is 1.78.